The zero-order valence-electron chi connectivity index (χ0n) is 40.6. The third kappa shape index (κ3) is 20.1. The van der Waals surface area contributed by atoms with E-state index in [1.165, 1.54) is 20.0 Å². The molecular weight excluding hydrogens is 825 g/mol. The molecule has 0 unspecified atom stereocenters. The van der Waals surface area contributed by atoms with Gasteiger partial charge in [-0.25, -0.2) is 14.8 Å². The molecule has 66 heavy (non-hydrogen) atoms. The van der Waals surface area contributed by atoms with Gasteiger partial charge in [0.15, 0.2) is 0 Å². The van der Waals surface area contributed by atoms with Crippen molar-refractivity contribution in [1.29, 1.82) is 0 Å². The number of alkyl carbamates (subject to hydrolysis) is 1. The molecule has 0 saturated heterocycles. The molecule has 4 N–H and O–H groups in total. The van der Waals surface area contributed by atoms with Crippen molar-refractivity contribution in [3.05, 3.63) is 96.6 Å². The summed E-state index contributed by atoms with van der Waals surface area (Å²) in [6, 6.07) is 29.8. The second-order valence-corrected chi connectivity index (χ2v) is 14.5. The predicted octanol–water partition coefficient (Wildman–Crippen LogP) is 10.4. The highest BCUT2D eigenvalue weighted by atomic mass is 16.5. The van der Waals surface area contributed by atoms with Crippen LogP contribution in [0, 0.1) is 38.5 Å². The number of hydrogen-bond donors (Lipinski definition) is 4. The maximum absolute atomic E-state index is 12.7. The highest BCUT2D eigenvalue weighted by molar-refractivity contribution is 5.85. The molecule has 0 bridgehead atoms. The molecule has 6 rings (SSSR count). The molecule has 0 spiro atoms. The lowest BCUT2D eigenvalue weighted by Gasteiger charge is -2.21. The largest absolute Gasteiger partial charge is 0.453 e. The molecule has 6 aromatic rings. The number of carbonyl (C=O) groups is 3. The van der Waals surface area contributed by atoms with Crippen LogP contribution in [0.1, 0.15) is 78.9 Å². The van der Waals surface area contributed by atoms with Crippen LogP contribution in [0.3, 0.4) is 0 Å². The van der Waals surface area contributed by atoms with Crippen LogP contribution in [0.15, 0.2) is 84.9 Å². The smallest absolute Gasteiger partial charge is 0.407 e. The van der Waals surface area contributed by atoms with Crippen LogP contribution in [0.25, 0.3) is 55.4 Å². The zero-order valence-corrected chi connectivity index (χ0v) is 40.6. The number of rotatable bonds is 15. The van der Waals surface area contributed by atoms with Crippen LogP contribution in [-0.2, 0) is 27.4 Å². The van der Waals surface area contributed by atoms with Crippen molar-refractivity contribution in [3.8, 4) is 71.9 Å². The number of ether oxygens (including phenoxy) is 1. The first-order chi connectivity index (χ1) is 32.1. The standard InChI is InChI=1S/C39H43N7O3.C3H7NO.2C3H8.3C2H2/c1-5-19-45(3)24-36-41-32-17-15-30(21-34(32)43-36)28-11-7-26(8-12-28)27-9-13-29(14-10-27)31-16-18-33-35(22-31)44-37(42-33)25-46(20-6-2)38(47)23-40-39(48)49-4;1-4-2-3-5;2*1-3-2;3*1-2/h7-18,21-22H,5-6,19-20,23-25H2,1-4H3,(H,40,48)(H,41,43)(H,42,44);3-4H,2H2,1H3;2*3H2,1-2H3;3*1-2H. The highest BCUT2D eigenvalue weighted by Crippen LogP contribution is 2.30. The third-order valence-corrected chi connectivity index (χ3v) is 8.90. The molecule has 0 atom stereocenters. The van der Waals surface area contributed by atoms with Gasteiger partial charge in [0.05, 0.1) is 48.8 Å². The fourth-order valence-corrected chi connectivity index (χ4v) is 6.22. The van der Waals surface area contributed by atoms with Crippen LogP contribution >= 0.6 is 0 Å². The SMILES string of the molecule is C#C.C#C.C#C.CCC.CCC.CCCN(C)Cc1nc2ccc(-c3ccc(-c4ccc(-c5ccc6nc(CN(CCC)C(=O)CNC(=O)OC)[nH]c6c5)cc4)cc3)cc2[nH]1.CNCC=O. The maximum Gasteiger partial charge on any atom is 0.407 e. The quantitative estimate of drug-likeness (QED) is 0.0588. The van der Waals surface area contributed by atoms with Gasteiger partial charge in [0.1, 0.15) is 24.5 Å². The number of nitrogens with zero attached hydrogens (tertiary/aromatic N) is 4. The Bertz CT molecular complexity index is 2310. The number of H-pyrrole nitrogens is 2. The number of aldehydes is 1. The zero-order chi connectivity index (χ0) is 49.9. The Hall–Kier alpha value is -7.17. The number of aromatic nitrogens is 4. The van der Waals surface area contributed by atoms with Gasteiger partial charge in [0.25, 0.3) is 0 Å². The highest BCUT2D eigenvalue weighted by Gasteiger charge is 2.17. The molecule has 12 nitrogen and oxygen atoms in total. The Morgan fingerprint density at radius 2 is 1.02 bits per heavy atom. The van der Waals surface area contributed by atoms with Crippen LogP contribution in [-0.4, -0.2) is 95.4 Å². The van der Waals surface area contributed by atoms with E-state index in [-0.39, 0.29) is 12.5 Å². The molecule has 0 fully saturated rings. The second kappa shape index (κ2) is 35.2. The number of methoxy groups -OCH3 is 1. The van der Waals surface area contributed by atoms with Gasteiger partial charge in [-0.3, -0.25) is 9.69 Å². The number of aromatic amines is 2. The summed E-state index contributed by atoms with van der Waals surface area (Å²) in [5.41, 5.74) is 10.6. The Labute approximate surface area is 394 Å². The first kappa shape index (κ1) is 58.8. The normalized spacial score (nSPS) is 9.64. The minimum absolute atomic E-state index is 0.127. The monoisotopic (exact) mass is 897 g/mol. The lowest BCUT2D eigenvalue weighted by Crippen LogP contribution is -2.40. The topological polar surface area (TPSA) is 148 Å². The van der Waals surface area contributed by atoms with Crippen molar-refractivity contribution in [2.75, 3.05) is 47.4 Å². The summed E-state index contributed by atoms with van der Waals surface area (Å²) in [6.07, 6.45) is 28.6. The average molecular weight is 897 g/mol. The Balaban J connectivity index is 0.00000218. The molecule has 2 aromatic heterocycles. The Kier molecular flexibility index (Phi) is 31.4. The van der Waals surface area contributed by atoms with Crippen LogP contribution in [0.4, 0.5) is 4.79 Å². The minimum Gasteiger partial charge on any atom is -0.453 e. The number of amides is 2. The lowest BCUT2D eigenvalue weighted by atomic mass is 9.98. The molecule has 0 aliphatic heterocycles. The number of likely N-dealkylation sites (N-methyl/N-ethyl adjacent to an activating group) is 1. The summed E-state index contributed by atoms with van der Waals surface area (Å²) in [6.45, 7) is 15.8. The van der Waals surface area contributed by atoms with Gasteiger partial charge < -0.3 is 35.0 Å². The van der Waals surface area contributed by atoms with Crippen LogP contribution in [0.5, 0.6) is 0 Å². The number of nitrogens with one attached hydrogen (secondary N) is 4. The van der Waals surface area contributed by atoms with Gasteiger partial charge >= 0.3 is 6.09 Å². The molecule has 0 radical (unpaired) electrons. The molecule has 4 aromatic carbocycles. The number of carbonyl (C=O) groups excluding carboxylic acids is 3. The van der Waals surface area contributed by atoms with Gasteiger partial charge in [0, 0.05) is 6.54 Å². The molecule has 352 valence electrons. The van der Waals surface area contributed by atoms with E-state index in [1.54, 1.807) is 11.9 Å². The number of imidazole rings is 2. The summed E-state index contributed by atoms with van der Waals surface area (Å²) in [4.78, 5) is 53.8. The molecule has 0 aliphatic carbocycles. The van der Waals surface area contributed by atoms with Crippen LogP contribution < -0.4 is 10.6 Å². The summed E-state index contributed by atoms with van der Waals surface area (Å²) in [5, 5.41) is 5.11. The van der Waals surface area contributed by atoms with E-state index in [1.807, 2.05) is 13.0 Å². The summed E-state index contributed by atoms with van der Waals surface area (Å²) in [5.74, 6) is 1.49. The Morgan fingerprint density at radius 1 is 0.636 bits per heavy atom. The summed E-state index contributed by atoms with van der Waals surface area (Å²) < 4.78 is 4.58. The molecule has 0 saturated carbocycles. The van der Waals surface area contributed by atoms with Crippen molar-refractivity contribution in [3.63, 3.8) is 0 Å². The van der Waals surface area contributed by atoms with Crippen molar-refractivity contribution in [2.45, 2.75) is 80.3 Å². The van der Waals surface area contributed by atoms with Gasteiger partial charge in [-0.2, -0.15) is 0 Å². The predicted molar refractivity (Wildman–Crippen MR) is 276 cm³/mol. The number of fused-ring (bicyclic) bond motifs is 2. The fraction of sp³-hybridized carbons (Fsp3) is 0.352. The maximum atomic E-state index is 12.7. The van der Waals surface area contributed by atoms with E-state index in [9.17, 15) is 14.4 Å². The van der Waals surface area contributed by atoms with Gasteiger partial charge in [0.2, 0.25) is 5.91 Å². The second-order valence-electron chi connectivity index (χ2n) is 14.5. The van der Waals surface area contributed by atoms with E-state index in [0.29, 0.717) is 25.5 Å². The van der Waals surface area contributed by atoms with E-state index in [4.69, 9.17) is 9.97 Å². The Morgan fingerprint density at radius 3 is 1.36 bits per heavy atom. The third-order valence-electron chi connectivity index (χ3n) is 8.90. The molecule has 2 heterocycles. The van der Waals surface area contributed by atoms with E-state index >= 15 is 0 Å². The van der Waals surface area contributed by atoms with E-state index < -0.39 is 6.09 Å². The van der Waals surface area contributed by atoms with Crippen molar-refractivity contribution in [1.82, 2.24) is 40.4 Å². The average Bonchev–Trinajstić information content (AvgIpc) is 3.95. The lowest BCUT2D eigenvalue weighted by molar-refractivity contribution is -0.130. The van der Waals surface area contributed by atoms with Crippen molar-refractivity contribution >= 4 is 40.4 Å². The molecule has 12 heteroatoms. The van der Waals surface area contributed by atoms with Gasteiger partial charge in [-0.05, 0) is 91.1 Å². The first-order valence-corrected chi connectivity index (χ1v) is 22.1. The summed E-state index contributed by atoms with van der Waals surface area (Å²) >= 11 is 0. The fourth-order valence-electron chi connectivity index (χ4n) is 6.22. The first-order valence-electron chi connectivity index (χ1n) is 22.1. The molecular formula is C54H72N8O4. The number of hydrogen-bond acceptors (Lipinski definition) is 8. The molecule has 0 aliphatic rings. The van der Waals surface area contributed by atoms with E-state index in [0.717, 1.165) is 93.5 Å². The number of terminal acetylenes is 3. The van der Waals surface area contributed by atoms with Gasteiger partial charge in [-0.15, -0.1) is 38.5 Å². The summed E-state index contributed by atoms with van der Waals surface area (Å²) in [7, 11) is 5.13. The van der Waals surface area contributed by atoms with Crippen molar-refractivity contribution in [2.24, 2.45) is 0 Å². The van der Waals surface area contributed by atoms with Gasteiger partial charge in [-0.1, -0.05) is 115 Å². The minimum atomic E-state index is -0.633. The van der Waals surface area contributed by atoms with Crippen molar-refractivity contribution < 1.29 is 19.1 Å². The number of benzene rings is 4. The van der Waals surface area contributed by atoms with Crippen LogP contribution in [0.2, 0.25) is 0 Å². The van der Waals surface area contributed by atoms with E-state index in [2.05, 4.69) is 189 Å². The molecule has 2 amide bonds.